The molecule has 1 aromatic carbocycles. The number of thiazole rings is 1. The van der Waals surface area contributed by atoms with Crippen LogP contribution in [0.2, 0.25) is 0 Å². The van der Waals surface area contributed by atoms with E-state index in [2.05, 4.69) is 10.3 Å². The van der Waals surface area contributed by atoms with Gasteiger partial charge < -0.3 is 15.0 Å². The zero-order chi connectivity index (χ0) is 15.4. The number of carbonyl (C=O) groups excluding carboxylic acids is 1. The molecule has 0 saturated carbocycles. The topological polar surface area (TPSA) is 54.5 Å². The summed E-state index contributed by atoms with van der Waals surface area (Å²) in [7, 11) is 3.47. The number of aromatic nitrogens is 1. The van der Waals surface area contributed by atoms with Crippen molar-refractivity contribution in [1.29, 1.82) is 0 Å². The van der Waals surface area contributed by atoms with Crippen LogP contribution in [0.5, 0.6) is 5.75 Å². The Balaban J connectivity index is 2.13. The zero-order valence-corrected chi connectivity index (χ0v) is 13.5. The fourth-order valence-electron chi connectivity index (χ4n) is 1.78. The van der Waals surface area contributed by atoms with Gasteiger partial charge in [-0.3, -0.25) is 4.79 Å². The average molecular weight is 305 g/mol. The Hall–Kier alpha value is -2.08. The second-order valence-corrected chi connectivity index (χ2v) is 5.71. The van der Waals surface area contributed by atoms with Crippen LogP contribution < -0.4 is 10.1 Å². The minimum absolute atomic E-state index is 0.0234. The molecule has 2 aromatic rings. The molecule has 0 unspecified atom stereocenters. The normalized spacial score (nSPS) is 10.3. The largest absolute Gasteiger partial charge is 0.494 e. The first-order valence-electron chi connectivity index (χ1n) is 6.70. The summed E-state index contributed by atoms with van der Waals surface area (Å²) in [6.45, 7) is 4.44. The van der Waals surface area contributed by atoms with E-state index in [0.29, 0.717) is 16.6 Å². The SMILES string of the molecule is CCOc1ccc(Nc2nc(C)c(C(=O)N(C)C)s2)cc1. The smallest absolute Gasteiger partial charge is 0.265 e. The van der Waals surface area contributed by atoms with Gasteiger partial charge in [-0.1, -0.05) is 11.3 Å². The van der Waals surface area contributed by atoms with Gasteiger partial charge in [0.15, 0.2) is 5.13 Å². The molecule has 21 heavy (non-hydrogen) atoms. The lowest BCUT2D eigenvalue weighted by atomic mass is 10.3. The lowest BCUT2D eigenvalue weighted by Crippen LogP contribution is -2.21. The third kappa shape index (κ3) is 3.72. The van der Waals surface area contributed by atoms with Crippen LogP contribution in [-0.4, -0.2) is 36.5 Å². The number of hydrogen-bond acceptors (Lipinski definition) is 5. The molecule has 1 aromatic heterocycles. The molecule has 2 rings (SSSR count). The molecule has 0 radical (unpaired) electrons. The highest BCUT2D eigenvalue weighted by Gasteiger charge is 2.16. The van der Waals surface area contributed by atoms with Gasteiger partial charge >= 0.3 is 0 Å². The first-order chi connectivity index (χ1) is 10.0. The van der Waals surface area contributed by atoms with Crippen molar-refractivity contribution in [3.05, 3.63) is 34.8 Å². The maximum Gasteiger partial charge on any atom is 0.265 e. The van der Waals surface area contributed by atoms with Gasteiger partial charge in [-0.25, -0.2) is 4.98 Å². The van der Waals surface area contributed by atoms with Gasteiger partial charge in [0.05, 0.1) is 12.3 Å². The van der Waals surface area contributed by atoms with E-state index in [-0.39, 0.29) is 5.91 Å². The molecule has 1 N–H and O–H groups in total. The average Bonchev–Trinajstić information content (AvgIpc) is 2.81. The van der Waals surface area contributed by atoms with Crippen LogP contribution in [0.15, 0.2) is 24.3 Å². The molecule has 112 valence electrons. The van der Waals surface area contributed by atoms with Crippen LogP contribution in [0.4, 0.5) is 10.8 Å². The Morgan fingerprint density at radius 3 is 2.57 bits per heavy atom. The number of ether oxygens (including phenoxy) is 1. The molecule has 0 atom stereocenters. The molecular formula is C15H19N3O2S. The molecular weight excluding hydrogens is 286 g/mol. The molecule has 1 amide bonds. The van der Waals surface area contributed by atoms with Crippen LogP contribution in [0.25, 0.3) is 0 Å². The summed E-state index contributed by atoms with van der Waals surface area (Å²) in [6.07, 6.45) is 0. The maximum atomic E-state index is 12.0. The van der Waals surface area contributed by atoms with E-state index in [9.17, 15) is 4.79 Å². The van der Waals surface area contributed by atoms with Gasteiger partial charge in [-0.05, 0) is 38.1 Å². The van der Waals surface area contributed by atoms with Gasteiger partial charge in [-0.2, -0.15) is 0 Å². The van der Waals surface area contributed by atoms with E-state index in [4.69, 9.17) is 4.74 Å². The lowest BCUT2D eigenvalue weighted by Gasteiger charge is -2.07. The van der Waals surface area contributed by atoms with Crippen molar-refractivity contribution < 1.29 is 9.53 Å². The molecule has 0 bridgehead atoms. The highest BCUT2D eigenvalue weighted by molar-refractivity contribution is 7.17. The Bertz CT molecular complexity index is 620. The van der Waals surface area contributed by atoms with Crippen molar-refractivity contribution >= 4 is 28.1 Å². The number of amides is 1. The van der Waals surface area contributed by atoms with Crippen LogP contribution in [0.3, 0.4) is 0 Å². The predicted molar refractivity (Wildman–Crippen MR) is 85.8 cm³/mol. The van der Waals surface area contributed by atoms with Crippen LogP contribution >= 0.6 is 11.3 Å². The number of nitrogens with zero attached hydrogens (tertiary/aromatic N) is 2. The fourth-order valence-corrected chi connectivity index (χ4v) is 2.78. The monoisotopic (exact) mass is 305 g/mol. The van der Waals surface area contributed by atoms with Gasteiger partial charge in [0.25, 0.3) is 5.91 Å². The van der Waals surface area contributed by atoms with Gasteiger partial charge in [0.2, 0.25) is 0 Å². The Morgan fingerprint density at radius 2 is 2.00 bits per heavy atom. The van der Waals surface area contributed by atoms with Gasteiger partial charge in [0.1, 0.15) is 10.6 Å². The highest BCUT2D eigenvalue weighted by Crippen LogP contribution is 2.27. The number of hydrogen-bond donors (Lipinski definition) is 1. The van der Waals surface area contributed by atoms with E-state index < -0.39 is 0 Å². The van der Waals surface area contributed by atoms with Crippen molar-refractivity contribution in [1.82, 2.24) is 9.88 Å². The summed E-state index contributed by atoms with van der Waals surface area (Å²) in [5, 5.41) is 3.92. The third-order valence-corrected chi connectivity index (χ3v) is 3.87. The summed E-state index contributed by atoms with van der Waals surface area (Å²) in [5.41, 5.74) is 1.66. The minimum atomic E-state index is -0.0234. The van der Waals surface area contributed by atoms with Crippen LogP contribution in [0, 0.1) is 6.92 Å². The number of nitrogens with one attached hydrogen (secondary N) is 1. The summed E-state index contributed by atoms with van der Waals surface area (Å²) >= 11 is 1.36. The Labute approximate surface area is 128 Å². The molecule has 6 heteroatoms. The molecule has 5 nitrogen and oxygen atoms in total. The Morgan fingerprint density at radius 1 is 1.33 bits per heavy atom. The van der Waals surface area contributed by atoms with E-state index in [1.54, 1.807) is 19.0 Å². The summed E-state index contributed by atoms with van der Waals surface area (Å²) in [5.74, 6) is 0.812. The third-order valence-electron chi connectivity index (χ3n) is 2.81. The number of aryl methyl sites for hydroxylation is 1. The summed E-state index contributed by atoms with van der Waals surface area (Å²) in [4.78, 5) is 18.6. The van der Waals surface area contributed by atoms with E-state index in [1.165, 1.54) is 11.3 Å². The second kappa shape index (κ2) is 6.58. The summed E-state index contributed by atoms with van der Waals surface area (Å²) < 4.78 is 5.40. The molecule has 0 fully saturated rings. The van der Waals surface area contributed by atoms with Crippen LogP contribution in [-0.2, 0) is 0 Å². The minimum Gasteiger partial charge on any atom is -0.494 e. The molecule has 1 heterocycles. The predicted octanol–water partition coefficient (Wildman–Crippen LogP) is 3.30. The standard InChI is InChI=1S/C15H19N3O2S/c1-5-20-12-8-6-11(7-9-12)17-15-16-10(2)13(21-15)14(19)18(3)4/h6-9H,5H2,1-4H3,(H,16,17). The fraction of sp³-hybridized carbons (Fsp3) is 0.333. The quantitative estimate of drug-likeness (QED) is 0.921. The maximum absolute atomic E-state index is 12.0. The summed E-state index contributed by atoms with van der Waals surface area (Å²) in [6, 6.07) is 7.65. The molecule has 0 spiro atoms. The second-order valence-electron chi connectivity index (χ2n) is 4.72. The Kier molecular flexibility index (Phi) is 4.80. The van der Waals surface area contributed by atoms with Crippen molar-refractivity contribution in [2.24, 2.45) is 0 Å². The van der Waals surface area contributed by atoms with Crippen molar-refractivity contribution in [3.8, 4) is 5.75 Å². The molecule has 0 saturated heterocycles. The number of benzene rings is 1. The van der Waals surface area contributed by atoms with Gasteiger partial charge in [0, 0.05) is 19.8 Å². The van der Waals surface area contributed by atoms with E-state index in [0.717, 1.165) is 17.1 Å². The first-order valence-corrected chi connectivity index (χ1v) is 7.52. The van der Waals surface area contributed by atoms with Crippen LogP contribution in [0.1, 0.15) is 22.3 Å². The number of anilines is 2. The first kappa shape index (κ1) is 15.3. The zero-order valence-electron chi connectivity index (χ0n) is 12.6. The molecule has 0 aliphatic rings. The van der Waals surface area contributed by atoms with E-state index in [1.807, 2.05) is 38.1 Å². The number of rotatable bonds is 5. The lowest BCUT2D eigenvalue weighted by molar-refractivity contribution is 0.0831. The van der Waals surface area contributed by atoms with E-state index >= 15 is 0 Å². The number of carbonyl (C=O) groups is 1. The van der Waals surface area contributed by atoms with Crippen molar-refractivity contribution in [2.45, 2.75) is 13.8 Å². The van der Waals surface area contributed by atoms with Crippen molar-refractivity contribution in [3.63, 3.8) is 0 Å². The highest BCUT2D eigenvalue weighted by atomic mass is 32.1. The molecule has 0 aliphatic heterocycles. The van der Waals surface area contributed by atoms with Gasteiger partial charge in [-0.15, -0.1) is 0 Å². The molecule has 0 aliphatic carbocycles. The van der Waals surface area contributed by atoms with Crippen molar-refractivity contribution in [2.75, 3.05) is 26.0 Å².